The molecule has 1 fully saturated rings. The average molecular weight is 424 g/mol. The number of aromatic nitrogens is 1. The largest absolute Gasteiger partial charge is 0.497 e. The SMILES string of the molecule is CCCS(=O)(=O)N1CCC[C@@H]1C(=O)Nc1nc(-c2ccc(OC)cc2)c(C)s1. The first-order valence-electron chi connectivity index (χ1n) is 9.28. The first-order valence-corrected chi connectivity index (χ1v) is 11.7. The molecule has 1 aliphatic rings. The third kappa shape index (κ3) is 4.37. The van der Waals surface area contributed by atoms with Crippen molar-refractivity contribution >= 4 is 32.4 Å². The van der Waals surface area contributed by atoms with Crippen molar-refractivity contribution in [3.05, 3.63) is 29.1 Å². The second-order valence-electron chi connectivity index (χ2n) is 6.73. The molecule has 9 heteroatoms. The second-order valence-corrected chi connectivity index (χ2v) is 9.97. The maximum absolute atomic E-state index is 12.7. The van der Waals surface area contributed by atoms with Crippen LogP contribution in [0.15, 0.2) is 24.3 Å². The molecular formula is C19H25N3O4S2. The predicted octanol–water partition coefficient (Wildman–Crippen LogP) is 3.27. The van der Waals surface area contributed by atoms with Crippen molar-refractivity contribution in [2.24, 2.45) is 0 Å². The van der Waals surface area contributed by atoms with E-state index in [4.69, 9.17) is 4.74 Å². The molecule has 0 bridgehead atoms. The van der Waals surface area contributed by atoms with Gasteiger partial charge in [-0.15, -0.1) is 11.3 Å². The molecule has 28 heavy (non-hydrogen) atoms. The Kier molecular flexibility index (Phi) is 6.36. The summed E-state index contributed by atoms with van der Waals surface area (Å²) in [4.78, 5) is 18.3. The summed E-state index contributed by atoms with van der Waals surface area (Å²) in [6.45, 7) is 4.16. The zero-order valence-electron chi connectivity index (χ0n) is 16.3. The lowest BCUT2D eigenvalue weighted by Crippen LogP contribution is -2.44. The monoisotopic (exact) mass is 423 g/mol. The van der Waals surface area contributed by atoms with Gasteiger partial charge in [0.25, 0.3) is 0 Å². The number of amides is 1. The third-order valence-corrected chi connectivity index (χ3v) is 7.68. The van der Waals surface area contributed by atoms with Crippen molar-refractivity contribution in [3.63, 3.8) is 0 Å². The molecule has 1 saturated heterocycles. The van der Waals surface area contributed by atoms with Crippen LogP contribution in [0.3, 0.4) is 0 Å². The van der Waals surface area contributed by atoms with E-state index in [0.29, 0.717) is 30.9 Å². The molecule has 1 amide bonds. The third-order valence-electron chi connectivity index (χ3n) is 4.72. The topological polar surface area (TPSA) is 88.6 Å². The van der Waals surface area contributed by atoms with Crippen LogP contribution in [0, 0.1) is 6.92 Å². The maximum Gasteiger partial charge on any atom is 0.244 e. The highest BCUT2D eigenvalue weighted by molar-refractivity contribution is 7.89. The standard InChI is InChI=1S/C19H25N3O4S2/c1-4-12-28(24,25)22-11-5-6-16(22)18(23)21-19-20-17(13(2)27-19)14-7-9-15(26-3)10-8-14/h7-10,16H,4-6,11-12H2,1-3H3,(H,20,21,23)/t16-/m1/s1. The van der Waals surface area contributed by atoms with E-state index < -0.39 is 16.1 Å². The van der Waals surface area contributed by atoms with Crippen LogP contribution in [0.2, 0.25) is 0 Å². The fraction of sp³-hybridized carbons (Fsp3) is 0.474. The van der Waals surface area contributed by atoms with Crippen LogP contribution in [0.4, 0.5) is 5.13 Å². The van der Waals surface area contributed by atoms with Crippen molar-refractivity contribution in [2.45, 2.75) is 39.2 Å². The van der Waals surface area contributed by atoms with E-state index in [9.17, 15) is 13.2 Å². The van der Waals surface area contributed by atoms with Crippen LogP contribution in [0.5, 0.6) is 5.75 Å². The Labute approximate surface area is 169 Å². The number of nitrogens with zero attached hydrogens (tertiary/aromatic N) is 2. The number of sulfonamides is 1. The maximum atomic E-state index is 12.7. The quantitative estimate of drug-likeness (QED) is 0.738. The molecule has 3 rings (SSSR count). The molecule has 1 N–H and O–H groups in total. The van der Waals surface area contributed by atoms with Crippen LogP contribution in [-0.4, -0.2) is 49.1 Å². The molecule has 1 aromatic carbocycles. The van der Waals surface area contributed by atoms with Gasteiger partial charge in [-0.3, -0.25) is 4.79 Å². The molecule has 0 spiro atoms. The van der Waals surface area contributed by atoms with Crippen LogP contribution < -0.4 is 10.1 Å². The lowest BCUT2D eigenvalue weighted by atomic mass is 10.1. The molecule has 152 valence electrons. The first kappa shape index (κ1) is 20.8. The summed E-state index contributed by atoms with van der Waals surface area (Å²) in [6.07, 6.45) is 1.75. The minimum absolute atomic E-state index is 0.0642. The number of benzene rings is 1. The molecule has 1 aromatic heterocycles. The molecule has 1 atom stereocenters. The van der Waals surface area contributed by atoms with E-state index in [2.05, 4.69) is 10.3 Å². The summed E-state index contributed by atoms with van der Waals surface area (Å²) in [6, 6.07) is 6.90. The van der Waals surface area contributed by atoms with Crippen molar-refractivity contribution in [3.8, 4) is 17.0 Å². The van der Waals surface area contributed by atoms with Crippen molar-refractivity contribution in [2.75, 3.05) is 24.7 Å². The number of anilines is 1. The number of nitrogens with one attached hydrogen (secondary N) is 1. The Bertz CT molecular complexity index is 939. The highest BCUT2D eigenvalue weighted by Crippen LogP contribution is 2.32. The summed E-state index contributed by atoms with van der Waals surface area (Å²) < 4.78 is 31.4. The van der Waals surface area contributed by atoms with E-state index in [-0.39, 0.29) is 11.7 Å². The van der Waals surface area contributed by atoms with Crippen LogP contribution in [-0.2, 0) is 14.8 Å². The lowest BCUT2D eigenvalue weighted by Gasteiger charge is -2.22. The summed E-state index contributed by atoms with van der Waals surface area (Å²) in [7, 11) is -1.79. The van der Waals surface area contributed by atoms with Gasteiger partial charge in [-0.25, -0.2) is 13.4 Å². The van der Waals surface area contributed by atoms with Gasteiger partial charge in [0, 0.05) is 17.0 Å². The fourth-order valence-electron chi connectivity index (χ4n) is 3.37. The molecule has 0 unspecified atom stereocenters. The summed E-state index contributed by atoms with van der Waals surface area (Å²) >= 11 is 1.38. The summed E-state index contributed by atoms with van der Waals surface area (Å²) in [5, 5.41) is 3.30. The fourth-order valence-corrected chi connectivity index (χ4v) is 5.95. The van der Waals surface area contributed by atoms with Gasteiger partial charge >= 0.3 is 0 Å². The van der Waals surface area contributed by atoms with Gasteiger partial charge in [-0.1, -0.05) is 6.92 Å². The predicted molar refractivity (Wildman–Crippen MR) is 111 cm³/mol. The Hall–Kier alpha value is -1.97. The number of hydrogen-bond donors (Lipinski definition) is 1. The number of carbonyl (C=O) groups is 1. The Balaban J connectivity index is 1.75. The van der Waals surface area contributed by atoms with Gasteiger partial charge in [0.2, 0.25) is 15.9 Å². The molecule has 2 heterocycles. The number of carbonyl (C=O) groups excluding carboxylic acids is 1. The molecule has 0 saturated carbocycles. The Morgan fingerprint density at radius 3 is 2.71 bits per heavy atom. The molecule has 0 aliphatic carbocycles. The van der Waals surface area contributed by atoms with E-state index >= 15 is 0 Å². The minimum Gasteiger partial charge on any atom is -0.497 e. The highest BCUT2D eigenvalue weighted by Gasteiger charge is 2.38. The number of aryl methyl sites for hydroxylation is 1. The lowest BCUT2D eigenvalue weighted by molar-refractivity contribution is -0.119. The molecule has 1 aliphatic heterocycles. The smallest absolute Gasteiger partial charge is 0.244 e. The Morgan fingerprint density at radius 2 is 2.07 bits per heavy atom. The van der Waals surface area contributed by atoms with Crippen LogP contribution in [0.25, 0.3) is 11.3 Å². The van der Waals surface area contributed by atoms with Gasteiger partial charge in [-0.05, 0) is 50.5 Å². The van der Waals surface area contributed by atoms with Gasteiger partial charge in [-0.2, -0.15) is 4.31 Å². The summed E-state index contributed by atoms with van der Waals surface area (Å²) in [5.74, 6) is 0.515. The van der Waals surface area contributed by atoms with Crippen LogP contribution >= 0.6 is 11.3 Å². The van der Waals surface area contributed by atoms with Gasteiger partial charge in [0.15, 0.2) is 5.13 Å². The van der Waals surface area contributed by atoms with Crippen molar-refractivity contribution < 1.29 is 17.9 Å². The second kappa shape index (κ2) is 8.59. The molecular weight excluding hydrogens is 398 g/mol. The van der Waals surface area contributed by atoms with Gasteiger partial charge in [0.1, 0.15) is 11.8 Å². The van der Waals surface area contributed by atoms with Gasteiger partial charge < -0.3 is 10.1 Å². The molecule has 0 radical (unpaired) electrons. The normalized spacial score (nSPS) is 17.6. The van der Waals surface area contributed by atoms with Crippen LogP contribution in [0.1, 0.15) is 31.1 Å². The first-order chi connectivity index (χ1) is 13.4. The number of ether oxygens (including phenoxy) is 1. The number of rotatable bonds is 7. The van der Waals surface area contributed by atoms with Crippen molar-refractivity contribution in [1.29, 1.82) is 0 Å². The van der Waals surface area contributed by atoms with E-state index in [1.54, 1.807) is 7.11 Å². The highest BCUT2D eigenvalue weighted by atomic mass is 32.2. The molecule has 2 aromatic rings. The zero-order valence-corrected chi connectivity index (χ0v) is 17.9. The number of methoxy groups -OCH3 is 1. The minimum atomic E-state index is -3.41. The number of thiazole rings is 1. The average Bonchev–Trinajstić information content (AvgIpc) is 3.29. The Morgan fingerprint density at radius 1 is 1.36 bits per heavy atom. The summed E-state index contributed by atoms with van der Waals surface area (Å²) in [5.41, 5.74) is 1.73. The number of hydrogen-bond acceptors (Lipinski definition) is 6. The van der Waals surface area contributed by atoms with Gasteiger partial charge in [0.05, 0.1) is 18.6 Å². The van der Waals surface area contributed by atoms with Crippen molar-refractivity contribution in [1.82, 2.24) is 9.29 Å². The van der Waals surface area contributed by atoms with E-state index in [1.807, 2.05) is 38.1 Å². The molecule has 7 nitrogen and oxygen atoms in total. The van der Waals surface area contributed by atoms with E-state index in [0.717, 1.165) is 21.9 Å². The van der Waals surface area contributed by atoms with E-state index in [1.165, 1.54) is 15.6 Å². The zero-order chi connectivity index (χ0) is 20.3.